The normalized spacial score (nSPS) is 10.8. The third kappa shape index (κ3) is 4.02. The summed E-state index contributed by atoms with van der Waals surface area (Å²) >= 11 is 0. The van der Waals surface area contributed by atoms with Crippen molar-refractivity contribution in [2.45, 2.75) is 6.54 Å². The summed E-state index contributed by atoms with van der Waals surface area (Å²) in [7, 11) is 3.45. The molecule has 0 N–H and O–H groups in total. The van der Waals surface area contributed by atoms with E-state index in [1.807, 2.05) is 0 Å². The summed E-state index contributed by atoms with van der Waals surface area (Å²) in [6, 6.07) is 6.25. The summed E-state index contributed by atoms with van der Waals surface area (Å²) in [5.41, 5.74) is 1.56. The van der Waals surface area contributed by atoms with Crippen LogP contribution in [0.2, 0.25) is 0 Å². The Morgan fingerprint density at radius 3 is 2.91 bits per heavy atom. The highest BCUT2D eigenvalue weighted by Gasteiger charge is 2.09. The van der Waals surface area contributed by atoms with Gasteiger partial charge in [0.05, 0.1) is 11.1 Å². The molecule has 2 rings (SSSR count). The van der Waals surface area contributed by atoms with Gasteiger partial charge in [-0.15, -0.1) is 0 Å². The Labute approximate surface area is 127 Å². The summed E-state index contributed by atoms with van der Waals surface area (Å²) < 4.78 is 1.65. The van der Waals surface area contributed by atoms with E-state index in [0.29, 0.717) is 12.1 Å². The molecule has 0 bridgehead atoms. The van der Waals surface area contributed by atoms with Gasteiger partial charge in [0.15, 0.2) is 0 Å². The molecule has 1 heterocycles. The molecule has 1 aromatic heterocycles. The minimum atomic E-state index is -0.451. The fourth-order valence-corrected chi connectivity index (χ4v) is 1.94. The van der Waals surface area contributed by atoms with E-state index in [-0.39, 0.29) is 11.6 Å². The summed E-state index contributed by atoms with van der Waals surface area (Å²) in [6.07, 6.45) is 6.59. The first-order valence-corrected chi connectivity index (χ1v) is 6.61. The van der Waals surface area contributed by atoms with Crippen molar-refractivity contribution in [3.63, 3.8) is 0 Å². The molecule has 0 radical (unpaired) electrons. The van der Waals surface area contributed by atoms with Crippen LogP contribution in [0, 0.1) is 10.1 Å². The summed E-state index contributed by atoms with van der Waals surface area (Å²) in [6.45, 7) is 0.303. The number of rotatable bonds is 5. The number of carbonyl (C=O) groups excluding carboxylic acids is 1. The highest BCUT2D eigenvalue weighted by Crippen LogP contribution is 2.14. The van der Waals surface area contributed by atoms with Gasteiger partial charge in [-0.3, -0.25) is 19.6 Å². The fraction of sp³-hybridized carbons (Fsp3) is 0.200. The molecule has 22 heavy (non-hydrogen) atoms. The Hall–Kier alpha value is -2.96. The van der Waals surface area contributed by atoms with Crippen LogP contribution in [0.25, 0.3) is 6.08 Å². The predicted molar refractivity (Wildman–Crippen MR) is 81.8 cm³/mol. The van der Waals surface area contributed by atoms with E-state index < -0.39 is 4.92 Å². The van der Waals surface area contributed by atoms with Gasteiger partial charge >= 0.3 is 0 Å². The SMILES string of the molecule is CN(Cc1cccc([N+](=O)[O-])c1)C(=O)C=Cc1cnn(C)c1. The Balaban J connectivity index is 2.00. The quantitative estimate of drug-likeness (QED) is 0.480. The monoisotopic (exact) mass is 300 g/mol. The maximum atomic E-state index is 12.0. The second-order valence-electron chi connectivity index (χ2n) is 4.90. The largest absolute Gasteiger partial charge is 0.338 e. The molecule has 0 aliphatic heterocycles. The second kappa shape index (κ2) is 6.66. The smallest absolute Gasteiger partial charge is 0.269 e. The van der Waals surface area contributed by atoms with E-state index in [0.717, 1.165) is 5.56 Å². The number of aryl methyl sites for hydroxylation is 1. The lowest BCUT2D eigenvalue weighted by Crippen LogP contribution is -2.24. The van der Waals surface area contributed by atoms with E-state index in [1.54, 1.807) is 49.4 Å². The minimum absolute atomic E-state index is 0.0178. The number of hydrogen-bond donors (Lipinski definition) is 0. The summed E-state index contributed by atoms with van der Waals surface area (Å²) in [5, 5.41) is 14.8. The molecule has 0 atom stereocenters. The molecule has 7 heteroatoms. The van der Waals surface area contributed by atoms with E-state index in [4.69, 9.17) is 0 Å². The van der Waals surface area contributed by atoms with Crippen molar-refractivity contribution >= 4 is 17.7 Å². The number of non-ortho nitro benzene ring substituents is 1. The minimum Gasteiger partial charge on any atom is -0.338 e. The van der Waals surface area contributed by atoms with Crippen LogP contribution >= 0.6 is 0 Å². The van der Waals surface area contributed by atoms with Gasteiger partial charge in [-0.25, -0.2) is 0 Å². The Morgan fingerprint density at radius 2 is 2.27 bits per heavy atom. The number of nitro benzene ring substituents is 1. The maximum absolute atomic E-state index is 12.0. The van der Waals surface area contributed by atoms with Gasteiger partial charge in [-0.2, -0.15) is 5.10 Å². The number of hydrogen-bond acceptors (Lipinski definition) is 4. The Morgan fingerprint density at radius 1 is 1.50 bits per heavy atom. The zero-order chi connectivity index (χ0) is 16.1. The molecular formula is C15H16N4O3. The molecule has 0 aliphatic carbocycles. The number of nitrogens with zero attached hydrogens (tertiary/aromatic N) is 4. The Kier molecular flexibility index (Phi) is 4.67. The van der Waals surface area contributed by atoms with Gasteiger partial charge in [-0.05, 0) is 11.6 Å². The zero-order valence-electron chi connectivity index (χ0n) is 12.3. The number of amides is 1. The van der Waals surface area contributed by atoms with Crippen LogP contribution in [-0.2, 0) is 18.4 Å². The third-order valence-corrected chi connectivity index (χ3v) is 3.06. The van der Waals surface area contributed by atoms with E-state index in [9.17, 15) is 14.9 Å². The van der Waals surface area contributed by atoms with Gasteiger partial charge in [0.2, 0.25) is 5.91 Å². The van der Waals surface area contributed by atoms with Crippen molar-refractivity contribution < 1.29 is 9.72 Å². The van der Waals surface area contributed by atoms with Gasteiger partial charge in [-0.1, -0.05) is 12.1 Å². The lowest BCUT2D eigenvalue weighted by Gasteiger charge is -2.14. The van der Waals surface area contributed by atoms with Gasteiger partial charge in [0, 0.05) is 50.6 Å². The van der Waals surface area contributed by atoms with Crippen LogP contribution in [-0.4, -0.2) is 32.6 Å². The number of nitro groups is 1. The molecule has 0 spiro atoms. The van der Waals surface area contributed by atoms with Gasteiger partial charge in [0.25, 0.3) is 5.69 Å². The van der Waals surface area contributed by atoms with Crippen molar-refractivity contribution in [1.29, 1.82) is 0 Å². The van der Waals surface area contributed by atoms with Crippen molar-refractivity contribution in [3.05, 3.63) is 64.0 Å². The van der Waals surface area contributed by atoms with Crippen molar-refractivity contribution in [2.24, 2.45) is 7.05 Å². The molecule has 0 saturated heterocycles. The summed E-state index contributed by atoms with van der Waals surface area (Å²) in [5.74, 6) is -0.185. The highest BCUT2D eigenvalue weighted by atomic mass is 16.6. The molecule has 0 unspecified atom stereocenters. The average molecular weight is 300 g/mol. The van der Waals surface area contributed by atoms with Crippen LogP contribution < -0.4 is 0 Å². The number of likely N-dealkylation sites (N-methyl/N-ethyl adjacent to an activating group) is 1. The van der Waals surface area contributed by atoms with Crippen LogP contribution in [0.3, 0.4) is 0 Å². The molecule has 0 saturated carbocycles. The Bertz CT molecular complexity index is 721. The molecule has 1 aromatic carbocycles. The molecule has 7 nitrogen and oxygen atoms in total. The predicted octanol–water partition coefficient (Wildman–Crippen LogP) is 2.00. The lowest BCUT2D eigenvalue weighted by molar-refractivity contribution is -0.384. The first kappa shape index (κ1) is 15.4. The highest BCUT2D eigenvalue weighted by molar-refractivity contribution is 5.91. The van der Waals surface area contributed by atoms with Crippen LogP contribution in [0.1, 0.15) is 11.1 Å². The van der Waals surface area contributed by atoms with Crippen LogP contribution in [0.4, 0.5) is 5.69 Å². The maximum Gasteiger partial charge on any atom is 0.269 e. The molecule has 0 aliphatic rings. The van der Waals surface area contributed by atoms with E-state index >= 15 is 0 Å². The van der Waals surface area contributed by atoms with E-state index in [2.05, 4.69) is 5.10 Å². The zero-order valence-corrected chi connectivity index (χ0v) is 12.3. The molecule has 0 fully saturated rings. The molecule has 2 aromatic rings. The average Bonchev–Trinajstić information content (AvgIpc) is 2.90. The first-order chi connectivity index (χ1) is 10.5. The first-order valence-electron chi connectivity index (χ1n) is 6.61. The molecule has 114 valence electrons. The summed E-state index contributed by atoms with van der Waals surface area (Å²) in [4.78, 5) is 23.8. The molecule has 1 amide bonds. The number of benzene rings is 1. The standard InChI is InChI=1S/C15H16N4O3/c1-17(10-12-4-3-5-14(8-12)19(21)22)15(20)7-6-13-9-16-18(2)11-13/h3-9,11H,10H2,1-2H3. The number of aromatic nitrogens is 2. The second-order valence-corrected chi connectivity index (χ2v) is 4.90. The van der Waals surface area contributed by atoms with E-state index in [1.165, 1.54) is 23.1 Å². The van der Waals surface area contributed by atoms with Crippen LogP contribution in [0.5, 0.6) is 0 Å². The molecular weight excluding hydrogens is 284 g/mol. The fourth-order valence-electron chi connectivity index (χ4n) is 1.94. The number of carbonyl (C=O) groups is 1. The van der Waals surface area contributed by atoms with Gasteiger partial charge in [0.1, 0.15) is 0 Å². The van der Waals surface area contributed by atoms with Crippen LogP contribution in [0.15, 0.2) is 42.7 Å². The third-order valence-electron chi connectivity index (χ3n) is 3.06. The van der Waals surface area contributed by atoms with Gasteiger partial charge < -0.3 is 4.90 Å². The van der Waals surface area contributed by atoms with Crippen molar-refractivity contribution in [2.75, 3.05) is 7.05 Å². The lowest BCUT2D eigenvalue weighted by atomic mass is 10.2. The van der Waals surface area contributed by atoms with Crippen molar-refractivity contribution in [3.8, 4) is 0 Å². The van der Waals surface area contributed by atoms with Crippen molar-refractivity contribution in [1.82, 2.24) is 14.7 Å². The topological polar surface area (TPSA) is 81.3 Å².